The number of phenolic OH excluding ortho intramolecular Hbond substituents is 1. The number of phenols is 1. The van der Waals surface area contributed by atoms with Gasteiger partial charge in [-0.3, -0.25) is 14.4 Å². The lowest BCUT2D eigenvalue weighted by Gasteiger charge is -2.37. The first kappa shape index (κ1) is 26.2. The number of carbonyl (C=O) groups is 1. The van der Waals surface area contributed by atoms with Crippen LogP contribution in [0.2, 0.25) is 5.02 Å². The van der Waals surface area contributed by atoms with Crippen molar-refractivity contribution in [2.45, 2.75) is 43.2 Å². The summed E-state index contributed by atoms with van der Waals surface area (Å²) in [7, 11) is -4.23. The van der Waals surface area contributed by atoms with Crippen LogP contribution < -0.4 is 21.5 Å². The highest BCUT2D eigenvalue weighted by Crippen LogP contribution is 2.41. The smallest absolute Gasteiger partial charge is 0.253 e. The number of aromatic hydroxyl groups is 1. The first-order chi connectivity index (χ1) is 18.1. The average Bonchev–Trinajstić information content (AvgIpc) is 3.29. The quantitative estimate of drug-likeness (QED) is 0.283. The molecule has 12 heteroatoms. The zero-order valence-corrected chi connectivity index (χ0v) is 22.2. The van der Waals surface area contributed by atoms with Crippen molar-refractivity contribution >= 4 is 44.6 Å². The normalized spacial score (nSPS) is 18.9. The fraction of sp³-hybridized carbons (Fsp3) is 0.346. The number of fused-ring (bicyclic) bond motifs is 1. The molecule has 5 rings (SSSR count). The molecular weight excluding hydrogens is 532 g/mol. The number of halogens is 1. The SMILES string of the molecule is CC[C@@H](Nc1c(Nc2ccc(Cl)c(S(=O)(=O)N3CCN4C(=O)CCC4C3)c2O)c(=O)c1=O)c1ccccc1. The van der Waals surface area contributed by atoms with E-state index in [1.54, 1.807) is 4.90 Å². The van der Waals surface area contributed by atoms with Gasteiger partial charge < -0.3 is 20.6 Å². The predicted molar refractivity (Wildman–Crippen MR) is 144 cm³/mol. The predicted octanol–water partition coefficient (Wildman–Crippen LogP) is 2.94. The van der Waals surface area contributed by atoms with E-state index in [4.69, 9.17) is 11.6 Å². The number of nitrogens with one attached hydrogen (secondary N) is 2. The Labute approximate surface area is 224 Å². The van der Waals surface area contributed by atoms with Gasteiger partial charge in [0.1, 0.15) is 16.3 Å². The van der Waals surface area contributed by atoms with Crippen LogP contribution in [0.3, 0.4) is 0 Å². The molecule has 0 saturated carbocycles. The molecule has 0 aromatic heterocycles. The van der Waals surface area contributed by atoms with Gasteiger partial charge in [0.25, 0.3) is 10.9 Å². The highest BCUT2D eigenvalue weighted by Gasteiger charge is 2.41. The van der Waals surface area contributed by atoms with Gasteiger partial charge in [0.2, 0.25) is 15.9 Å². The van der Waals surface area contributed by atoms with Gasteiger partial charge >= 0.3 is 0 Å². The summed E-state index contributed by atoms with van der Waals surface area (Å²) < 4.78 is 28.3. The molecule has 3 aromatic rings. The highest BCUT2D eigenvalue weighted by atomic mass is 35.5. The van der Waals surface area contributed by atoms with E-state index < -0.39 is 31.5 Å². The molecule has 2 heterocycles. The molecule has 3 aromatic carbocycles. The molecule has 200 valence electrons. The molecule has 1 unspecified atom stereocenters. The average molecular weight is 559 g/mol. The molecule has 0 aliphatic carbocycles. The van der Waals surface area contributed by atoms with Crippen LogP contribution in [0.4, 0.5) is 17.1 Å². The van der Waals surface area contributed by atoms with E-state index in [9.17, 15) is 27.9 Å². The molecule has 3 N–H and O–H groups in total. The van der Waals surface area contributed by atoms with Gasteiger partial charge in [-0.1, -0.05) is 48.9 Å². The standard InChI is InChI=1S/C26H27ClN4O6S/c1-2-18(15-6-4-3-5-7-15)28-21-22(25(35)24(21)34)29-19-10-9-17(27)26(23(19)33)38(36,37)30-12-13-31-16(14-30)8-11-20(31)32/h3-7,9-10,16,18,28-29,33H,2,8,11-14H2,1H3/t16?,18-/m1/s1. The van der Waals surface area contributed by atoms with E-state index in [-0.39, 0.29) is 59.7 Å². The number of benzene rings is 2. The topological polar surface area (TPSA) is 136 Å². The van der Waals surface area contributed by atoms with Crippen LogP contribution in [-0.4, -0.2) is 54.3 Å². The maximum atomic E-state index is 13.5. The summed E-state index contributed by atoms with van der Waals surface area (Å²) in [6.45, 7) is 2.37. The van der Waals surface area contributed by atoms with Crippen molar-refractivity contribution in [2.75, 3.05) is 30.3 Å². The lowest BCUT2D eigenvalue weighted by Crippen LogP contribution is -2.53. The molecule has 2 aliphatic rings. The number of rotatable bonds is 8. The summed E-state index contributed by atoms with van der Waals surface area (Å²) in [5.41, 5.74) is -0.635. The van der Waals surface area contributed by atoms with Crippen LogP contribution in [0.25, 0.3) is 0 Å². The minimum absolute atomic E-state index is 0.00843. The summed E-state index contributed by atoms with van der Waals surface area (Å²) >= 11 is 6.26. The first-order valence-electron chi connectivity index (χ1n) is 12.4. The second-order valence-corrected chi connectivity index (χ2v) is 11.7. The fourth-order valence-electron chi connectivity index (χ4n) is 5.14. The lowest BCUT2D eigenvalue weighted by atomic mass is 10.0. The molecule has 10 nitrogen and oxygen atoms in total. The molecule has 2 atom stereocenters. The van der Waals surface area contributed by atoms with Crippen LogP contribution in [0.5, 0.6) is 5.75 Å². The largest absolute Gasteiger partial charge is 0.504 e. The van der Waals surface area contributed by atoms with Gasteiger partial charge in [-0.05, 0) is 30.5 Å². The van der Waals surface area contributed by atoms with Crippen LogP contribution in [-0.2, 0) is 14.8 Å². The van der Waals surface area contributed by atoms with E-state index in [2.05, 4.69) is 10.6 Å². The summed E-state index contributed by atoms with van der Waals surface area (Å²) in [6.07, 6.45) is 1.58. The number of piperazine rings is 1. The summed E-state index contributed by atoms with van der Waals surface area (Å²) in [5, 5.41) is 16.7. The van der Waals surface area contributed by atoms with Crippen LogP contribution in [0, 0.1) is 0 Å². The summed E-state index contributed by atoms with van der Waals surface area (Å²) in [6, 6.07) is 11.6. The maximum Gasteiger partial charge on any atom is 0.253 e. The Morgan fingerprint density at radius 1 is 1.05 bits per heavy atom. The van der Waals surface area contributed by atoms with Crippen molar-refractivity contribution < 1.29 is 18.3 Å². The molecule has 0 spiro atoms. The second kappa shape index (κ2) is 10.0. The van der Waals surface area contributed by atoms with Gasteiger partial charge in [-0.2, -0.15) is 4.31 Å². The minimum Gasteiger partial charge on any atom is -0.504 e. The Morgan fingerprint density at radius 3 is 2.47 bits per heavy atom. The highest BCUT2D eigenvalue weighted by molar-refractivity contribution is 7.89. The molecule has 0 radical (unpaired) electrons. The molecule has 2 saturated heterocycles. The Balaban J connectivity index is 1.43. The van der Waals surface area contributed by atoms with Crippen molar-refractivity contribution in [3.63, 3.8) is 0 Å². The first-order valence-corrected chi connectivity index (χ1v) is 14.2. The van der Waals surface area contributed by atoms with Crippen molar-refractivity contribution in [3.8, 4) is 5.75 Å². The third-order valence-corrected chi connectivity index (χ3v) is 9.60. The van der Waals surface area contributed by atoms with Crippen molar-refractivity contribution in [1.29, 1.82) is 0 Å². The van der Waals surface area contributed by atoms with Gasteiger partial charge in [0.05, 0.1) is 16.8 Å². The van der Waals surface area contributed by atoms with Gasteiger partial charge in [-0.15, -0.1) is 0 Å². The maximum absolute atomic E-state index is 13.5. The number of hydrogen-bond acceptors (Lipinski definition) is 8. The number of hydrogen-bond donors (Lipinski definition) is 3. The number of amides is 1. The molecular formula is C26H27ClN4O6S. The number of anilines is 3. The zero-order chi connectivity index (χ0) is 27.2. The Morgan fingerprint density at radius 2 is 1.76 bits per heavy atom. The van der Waals surface area contributed by atoms with Crippen LogP contribution >= 0.6 is 11.6 Å². The molecule has 38 heavy (non-hydrogen) atoms. The van der Waals surface area contributed by atoms with Crippen LogP contribution in [0.15, 0.2) is 56.9 Å². The lowest BCUT2D eigenvalue weighted by molar-refractivity contribution is -0.130. The second-order valence-electron chi connectivity index (χ2n) is 9.46. The van der Waals surface area contributed by atoms with Crippen molar-refractivity contribution in [2.24, 2.45) is 0 Å². The molecule has 1 amide bonds. The molecule has 0 bridgehead atoms. The van der Waals surface area contributed by atoms with Crippen molar-refractivity contribution in [1.82, 2.24) is 9.21 Å². The monoisotopic (exact) mass is 558 g/mol. The third kappa shape index (κ3) is 4.44. The Hall–Kier alpha value is -3.41. The summed E-state index contributed by atoms with van der Waals surface area (Å²) in [4.78, 5) is 38.0. The van der Waals surface area contributed by atoms with Gasteiger partial charge in [0.15, 0.2) is 5.75 Å². The van der Waals surface area contributed by atoms with E-state index in [0.29, 0.717) is 19.3 Å². The van der Waals surface area contributed by atoms with Gasteiger partial charge in [0, 0.05) is 32.1 Å². The fourth-order valence-corrected chi connectivity index (χ4v) is 7.20. The summed E-state index contributed by atoms with van der Waals surface area (Å²) in [5.74, 6) is -0.648. The van der Waals surface area contributed by atoms with Crippen LogP contribution in [0.1, 0.15) is 37.8 Å². The molecule has 2 aliphatic heterocycles. The van der Waals surface area contributed by atoms with E-state index in [1.807, 2.05) is 37.3 Å². The molecule has 2 fully saturated rings. The van der Waals surface area contributed by atoms with E-state index in [1.165, 1.54) is 16.4 Å². The van der Waals surface area contributed by atoms with E-state index in [0.717, 1.165) is 5.56 Å². The third-order valence-electron chi connectivity index (χ3n) is 7.24. The van der Waals surface area contributed by atoms with Gasteiger partial charge in [-0.25, -0.2) is 8.42 Å². The number of sulfonamides is 1. The number of carbonyl (C=O) groups excluding carboxylic acids is 1. The Kier molecular flexibility index (Phi) is 6.93. The Bertz CT molecular complexity index is 1570. The zero-order valence-electron chi connectivity index (χ0n) is 20.6. The number of nitrogens with zero attached hydrogens (tertiary/aromatic N) is 2. The van der Waals surface area contributed by atoms with Crippen molar-refractivity contribution in [3.05, 3.63) is 73.5 Å². The van der Waals surface area contributed by atoms with E-state index >= 15 is 0 Å². The minimum atomic E-state index is -4.23.